The van der Waals surface area contributed by atoms with Crippen LogP contribution in [-0.4, -0.2) is 44.9 Å². The van der Waals surface area contributed by atoms with Crippen molar-refractivity contribution < 1.29 is 17.9 Å². The van der Waals surface area contributed by atoms with Gasteiger partial charge in [-0.05, 0) is 56.0 Å². The number of carbonyl (C=O) groups is 1. The average molecular weight is 429 g/mol. The lowest BCUT2D eigenvalue weighted by Crippen LogP contribution is -2.36. The van der Waals surface area contributed by atoms with Gasteiger partial charge in [-0.1, -0.05) is 31.0 Å². The fourth-order valence-electron chi connectivity index (χ4n) is 4.45. The molecule has 7 heteroatoms. The summed E-state index contributed by atoms with van der Waals surface area (Å²) in [5, 5.41) is 0. The monoisotopic (exact) mass is 428 g/mol. The summed E-state index contributed by atoms with van der Waals surface area (Å²) < 4.78 is 33.7. The Balaban J connectivity index is 1.72. The maximum atomic E-state index is 13.4. The van der Waals surface area contributed by atoms with Crippen LogP contribution in [0.25, 0.3) is 0 Å². The second-order valence-electron chi connectivity index (χ2n) is 8.04. The van der Waals surface area contributed by atoms with Crippen LogP contribution in [-0.2, 0) is 16.4 Å². The number of ether oxygens (including phenoxy) is 1. The van der Waals surface area contributed by atoms with E-state index in [0.29, 0.717) is 18.7 Å². The topological polar surface area (TPSA) is 66.9 Å². The van der Waals surface area contributed by atoms with Gasteiger partial charge < -0.3 is 9.64 Å². The second-order valence-corrected chi connectivity index (χ2v) is 9.95. The number of carbonyl (C=O) groups excluding carboxylic acids is 1. The minimum atomic E-state index is -3.74. The molecule has 30 heavy (non-hydrogen) atoms. The lowest BCUT2D eigenvalue weighted by Gasteiger charge is -2.24. The van der Waals surface area contributed by atoms with Crippen molar-refractivity contribution in [1.82, 2.24) is 4.31 Å². The number of sulfonamides is 1. The largest absolute Gasteiger partial charge is 0.495 e. The predicted molar refractivity (Wildman–Crippen MR) is 117 cm³/mol. The molecule has 1 amide bonds. The van der Waals surface area contributed by atoms with Crippen molar-refractivity contribution in [2.75, 3.05) is 25.1 Å². The Morgan fingerprint density at radius 3 is 2.43 bits per heavy atom. The lowest BCUT2D eigenvalue weighted by molar-refractivity contribution is 0.0981. The number of hydrogen-bond acceptors (Lipinski definition) is 4. The number of benzene rings is 2. The van der Waals surface area contributed by atoms with Crippen LogP contribution in [0, 0.1) is 0 Å². The van der Waals surface area contributed by atoms with Crippen molar-refractivity contribution in [2.45, 2.75) is 50.0 Å². The molecular formula is C23H28N2O4S. The summed E-state index contributed by atoms with van der Waals surface area (Å²) in [6.45, 7) is 3.01. The van der Waals surface area contributed by atoms with E-state index >= 15 is 0 Å². The molecule has 6 nitrogen and oxygen atoms in total. The first-order chi connectivity index (χ1) is 14.4. The van der Waals surface area contributed by atoms with E-state index in [1.165, 1.54) is 17.5 Å². The van der Waals surface area contributed by atoms with Crippen molar-refractivity contribution in [3.63, 3.8) is 0 Å². The number of fused-ring (bicyclic) bond motifs is 1. The molecule has 2 aliphatic heterocycles. The number of amides is 1. The van der Waals surface area contributed by atoms with Crippen LogP contribution in [0.5, 0.6) is 5.75 Å². The highest BCUT2D eigenvalue weighted by Gasteiger charge is 2.33. The van der Waals surface area contributed by atoms with E-state index in [9.17, 15) is 13.2 Å². The molecule has 1 saturated heterocycles. The smallest absolute Gasteiger partial charge is 0.258 e. The summed E-state index contributed by atoms with van der Waals surface area (Å²) >= 11 is 0. The third kappa shape index (κ3) is 3.72. The number of methoxy groups -OCH3 is 1. The Kier molecular flexibility index (Phi) is 5.84. The zero-order valence-corrected chi connectivity index (χ0v) is 18.3. The summed E-state index contributed by atoms with van der Waals surface area (Å²) in [5.41, 5.74) is 2.37. The molecular weight excluding hydrogens is 400 g/mol. The molecule has 0 radical (unpaired) electrons. The molecule has 0 aliphatic carbocycles. The molecule has 4 rings (SSSR count). The Morgan fingerprint density at radius 2 is 1.73 bits per heavy atom. The highest BCUT2D eigenvalue weighted by Crippen LogP contribution is 2.35. The minimum Gasteiger partial charge on any atom is -0.495 e. The number of para-hydroxylation sites is 1. The van der Waals surface area contributed by atoms with Gasteiger partial charge in [0, 0.05) is 30.4 Å². The fourth-order valence-corrected chi connectivity index (χ4v) is 6.15. The summed E-state index contributed by atoms with van der Waals surface area (Å²) in [7, 11) is -2.29. The molecule has 0 N–H and O–H groups in total. The normalized spacial score (nSPS) is 19.9. The average Bonchev–Trinajstić information content (AvgIpc) is 2.91. The van der Waals surface area contributed by atoms with Gasteiger partial charge in [0.1, 0.15) is 10.6 Å². The zero-order chi connectivity index (χ0) is 21.3. The van der Waals surface area contributed by atoms with Crippen molar-refractivity contribution in [1.29, 1.82) is 0 Å². The van der Waals surface area contributed by atoms with Gasteiger partial charge in [-0.3, -0.25) is 4.79 Å². The van der Waals surface area contributed by atoms with Crippen molar-refractivity contribution >= 4 is 21.6 Å². The first-order valence-corrected chi connectivity index (χ1v) is 12.0. The van der Waals surface area contributed by atoms with Gasteiger partial charge in [-0.25, -0.2) is 8.42 Å². The SMILES string of the molecule is COc1ccc(C(=O)N2c3ccccc3C[C@@H]2C)cc1S(=O)(=O)N1CCCCCC1. The lowest BCUT2D eigenvalue weighted by atomic mass is 10.1. The quantitative estimate of drug-likeness (QED) is 0.742. The Labute approximate surface area is 178 Å². The number of rotatable bonds is 4. The molecule has 2 aromatic carbocycles. The van der Waals surface area contributed by atoms with Crippen molar-refractivity contribution in [2.24, 2.45) is 0 Å². The Bertz CT molecular complexity index is 1040. The minimum absolute atomic E-state index is 0.0164. The highest BCUT2D eigenvalue weighted by atomic mass is 32.2. The molecule has 0 bridgehead atoms. The maximum Gasteiger partial charge on any atom is 0.258 e. The van der Waals surface area contributed by atoms with Crippen molar-refractivity contribution in [3.05, 3.63) is 53.6 Å². The molecule has 0 saturated carbocycles. The van der Waals surface area contributed by atoms with Gasteiger partial charge in [0.05, 0.1) is 7.11 Å². The molecule has 0 unspecified atom stereocenters. The molecule has 2 aliphatic rings. The molecule has 160 valence electrons. The maximum absolute atomic E-state index is 13.4. The second kappa shape index (κ2) is 8.40. The van der Waals surface area contributed by atoms with Crippen LogP contribution < -0.4 is 9.64 Å². The van der Waals surface area contributed by atoms with E-state index in [1.807, 2.05) is 31.2 Å². The Morgan fingerprint density at radius 1 is 1.03 bits per heavy atom. The van der Waals surface area contributed by atoms with Gasteiger partial charge in [0.25, 0.3) is 5.91 Å². The van der Waals surface area contributed by atoms with Gasteiger partial charge in [-0.2, -0.15) is 4.31 Å². The third-order valence-electron chi connectivity index (χ3n) is 6.02. The number of anilines is 1. The molecule has 0 spiro atoms. The van der Waals surface area contributed by atoms with Crippen LogP contribution in [0.4, 0.5) is 5.69 Å². The van der Waals surface area contributed by atoms with Gasteiger partial charge >= 0.3 is 0 Å². The van der Waals surface area contributed by atoms with Gasteiger partial charge in [-0.15, -0.1) is 0 Å². The standard InChI is InChI=1S/C23H28N2O4S/c1-17-15-18-9-5-6-10-20(18)25(17)23(26)19-11-12-21(29-2)22(16-19)30(27,28)24-13-7-3-4-8-14-24/h5-6,9-12,16-17H,3-4,7-8,13-15H2,1-2H3/t17-/m0/s1. The van der Waals surface area contributed by atoms with Crippen molar-refractivity contribution in [3.8, 4) is 5.75 Å². The first kappa shape index (κ1) is 20.9. The van der Waals surface area contributed by atoms with Crippen LogP contribution in [0.3, 0.4) is 0 Å². The van der Waals surface area contributed by atoms with Crippen LogP contribution in [0.15, 0.2) is 47.4 Å². The fraction of sp³-hybridized carbons (Fsp3) is 0.435. The third-order valence-corrected chi connectivity index (χ3v) is 7.94. The van der Waals surface area contributed by atoms with E-state index in [1.54, 1.807) is 17.0 Å². The highest BCUT2D eigenvalue weighted by molar-refractivity contribution is 7.89. The number of hydrogen-bond donors (Lipinski definition) is 0. The van der Waals surface area contributed by atoms with E-state index < -0.39 is 10.0 Å². The molecule has 2 heterocycles. The van der Waals surface area contributed by atoms with Crippen LogP contribution in [0.2, 0.25) is 0 Å². The molecule has 1 fully saturated rings. The van der Waals surface area contributed by atoms with E-state index in [2.05, 4.69) is 0 Å². The molecule has 0 aromatic heterocycles. The van der Waals surface area contributed by atoms with Gasteiger partial charge in [0.2, 0.25) is 10.0 Å². The number of nitrogens with zero attached hydrogens (tertiary/aromatic N) is 2. The van der Waals surface area contributed by atoms with Crippen LogP contribution in [0.1, 0.15) is 48.5 Å². The summed E-state index contributed by atoms with van der Waals surface area (Å²) in [4.78, 5) is 15.2. The first-order valence-electron chi connectivity index (χ1n) is 10.5. The summed E-state index contributed by atoms with van der Waals surface area (Å²) in [6.07, 6.45) is 4.56. The summed E-state index contributed by atoms with van der Waals surface area (Å²) in [6, 6.07) is 12.6. The predicted octanol–water partition coefficient (Wildman–Crippen LogP) is 3.85. The van der Waals surface area contributed by atoms with E-state index in [-0.39, 0.29) is 22.6 Å². The van der Waals surface area contributed by atoms with E-state index in [0.717, 1.165) is 43.4 Å². The summed E-state index contributed by atoms with van der Waals surface area (Å²) in [5.74, 6) is 0.0769. The van der Waals surface area contributed by atoms with Crippen LogP contribution >= 0.6 is 0 Å². The molecule has 1 atom stereocenters. The Hall–Kier alpha value is -2.38. The zero-order valence-electron chi connectivity index (χ0n) is 17.5. The van der Waals surface area contributed by atoms with E-state index in [4.69, 9.17) is 4.74 Å². The molecule has 2 aromatic rings. The van der Waals surface area contributed by atoms with Gasteiger partial charge in [0.15, 0.2) is 0 Å².